The molecule has 0 radical (unpaired) electrons. The van der Waals surface area contributed by atoms with Crippen molar-refractivity contribution in [2.75, 3.05) is 0 Å². The summed E-state index contributed by atoms with van der Waals surface area (Å²) in [6.07, 6.45) is 0. The summed E-state index contributed by atoms with van der Waals surface area (Å²) >= 11 is 1.80. The van der Waals surface area contributed by atoms with Gasteiger partial charge in [0.15, 0.2) is 0 Å². The lowest BCUT2D eigenvalue weighted by Gasteiger charge is -2.14. The SMILES string of the molecule is Cc1cc(CNC(C)c2ccc(S(N)(=O)=O)cc2)sc1C. The van der Waals surface area contributed by atoms with E-state index in [9.17, 15) is 8.42 Å². The molecule has 0 saturated heterocycles. The molecule has 114 valence electrons. The van der Waals surface area contributed by atoms with Crippen LogP contribution >= 0.6 is 11.3 Å². The van der Waals surface area contributed by atoms with Crippen LogP contribution in [-0.2, 0) is 16.6 Å². The van der Waals surface area contributed by atoms with E-state index >= 15 is 0 Å². The molecule has 0 aliphatic carbocycles. The highest BCUT2D eigenvalue weighted by Crippen LogP contribution is 2.22. The summed E-state index contributed by atoms with van der Waals surface area (Å²) in [7, 11) is -3.62. The number of rotatable bonds is 5. The number of nitrogens with one attached hydrogen (secondary N) is 1. The predicted octanol–water partition coefficient (Wildman–Crippen LogP) is 2.86. The Bertz CT molecular complexity index is 699. The maximum atomic E-state index is 11.2. The highest BCUT2D eigenvalue weighted by atomic mass is 32.2. The summed E-state index contributed by atoms with van der Waals surface area (Å²) in [6, 6.07) is 9.02. The summed E-state index contributed by atoms with van der Waals surface area (Å²) in [6.45, 7) is 7.10. The monoisotopic (exact) mass is 324 g/mol. The Morgan fingerprint density at radius 2 is 1.86 bits per heavy atom. The van der Waals surface area contributed by atoms with Gasteiger partial charge < -0.3 is 5.32 Å². The molecule has 1 aromatic heterocycles. The second-order valence-corrected chi connectivity index (χ2v) is 8.07. The molecule has 0 aliphatic heterocycles. The number of benzene rings is 1. The minimum absolute atomic E-state index is 0.141. The number of hydrogen-bond acceptors (Lipinski definition) is 4. The molecule has 21 heavy (non-hydrogen) atoms. The second kappa shape index (κ2) is 6.27. The summed E-state index contributed by atoms with van der Waals surface area (Å²) in [4.78, 5) is 2.79. The third-order valence-corrected chi connectivity index (χ3v) is 5.59. The Hall–Kier alpha value is -1.21. The van der Waals surface area contributed by atoms with Gasteiger partial charge in [0.05, 0.1) is 4.90 Å². The molecule has 0 aliphatic rings. The van der Waals surface area contributed by atoms with Crippen LogP contribution in [0.2, 0.25) is 0 Å². The van der Waals surface area contributed by atoms with Gasteiger partial charge in [0.1, 0.15) is 0 Å². The number of aryl methyl sites for hydroxylation is 2. The molecule has 0 saturated carbocycles. The maximum Gasteiger partial charge on any atom is 0.238 e. The molecule has 4 nitrogen and oxygen atoms in total. The zero-order valence-corrected chi connectivity index (χ0v) is 14.0. The normalized spacial score (nSPS) is 13.3. The van der Waals surface area contributed by atoms with Crippen LogP contribution in [-0.4, -0.2) is 8.42 Å². The fourth-order valence-corrected chi connectivity index (χ4v) is 3.57. The van der Waals surface area contributed by atoms with E-state index in [-0.39, 0.29) is 10.9 Å². The summed E-state index contributed by atoms with van der Waals surface area (Å²) < 4.78 is 22.4. The number of sulfonamides is 1. The second-order valence-electron chi connectivity index (χ2n) is 5.17. The molecule has 1 unspecified atom stereocenters. The Morgan fingerprint density at radius 1 is 1.24 bits per heavy atom. The van der Waals surface area contributed by atoms with Crippen molar-refractivity contribution in [3.05, 3.63) is 51.2 Å². The van der Waals surface area contributed by atoms with Crippen LogP contribution < -0.4 is 10.5 Å². The molecule has 3 N–H and O–H groups in total. The minimum atomic E-state index is -3.62. The van der Waals surface area contributed by atoms with Gasteiger partial charge in [0.2, 0.25) is 10.0 Å². The topological polar surface area (TPSA) is 72.2 Å². The molecule has 1 aromatic carbocycles. The maximum absolute atomic E-state index is 11.2. The van der Waals surface area contributed by atoms with E-state index in [1.54, 1.807) is 35.6 Å². The average Bonchev–Trinajstić information content (AvgIpc) is 2.74. The molecule has 6 heteroatoms. The fraction of sp³-hybridized carbons (Fsp3) is 0.333. The van der Waals surface area contributed by atoms with E-state index in [1.165, 1.54) is 15.3 Å². The first-order valence-corrected chi connectivity index (χ1v) is 9.05. The van der Waals surface area contributed by atoms with Gasteiger partial charge >= 0.3 is 0 Å². The zero-order chi connectivity index (χ0) is 15.6. The van der Waals surface area contributed by atoms with E-state index < -0.39 is 10.0 Å². The van der Waals surface area contributed by atoms with Crippen LogP contribution in [0, 0.1) is 13.8 Å². The smallest absolute Gasteiger partial charge is 0.238 e. The lowest BCUT2D eigenvalue weighted by Crippen LogP contribution is -2.18. The number of hydrogen-bond donors (Lipinski definition) is 2. The Morgan fingerprint density at radius 3 is 2.33 bits per heavy atom. The lowest BCUT2D eigenvalue weighted by atomic mass is 10.1. The minimum Gasteiger partial charge on any atom is -0.305 e. The van der Waals surface area contributed by atoms with E-state index in [2.05, 4.69) is 32.2 Å². The van der Waals surface area contributed by atoms with Crippen molar-refractivity contribution >= 4 is 21.4 Å². The van der Waals surface area contributed by atoms with Crippen molar-refractivity contribution in [3.8, 4) is 0 Å². The molecular formula is C15H20N2O2S2. The van der Waals surface area contributed by atoms with Crippen molar-refractivity contribution in [1.29, 1.82) is 0 Å². The Labute approximate surface area is 130 Å². The average molecular weight is 324 g/mol. The van der Waals surface area contributed by atoms with Gasteiger partial charge in [-0.25, -0.2) is 13.6 Å². The molecule has 2 rings (SSSR count). The van der Waals surface area contributed by atoms with E-state index in [0.717, 1.165) is 12.1 Å². The largest absolute Gasteiger partial charge is 0.305 e. The van der Waals surface area contributed by atoms with Crippen LogP contribution in [0.3, 0.4) is 0 Å². The van der Waals surface area contributed by atoms with Crippen molar-refractivity contribution in [3.63, 3.8) is 0 Å². The summed E-state index contributed by atoms with van der Waals surface area (Å²) in [5.74, 6) is 0. The Balaban J connectivity index is 2.01. The summed E-state index contributed by atoms with van der Waals surface area (Å²) in [5, 5.41) is 8.54. The third-order valence-electron chi connectivity index (χ3n) is 3.51. The van der Waals surface area contributed by atoms with Crippen LogP contribution in [0.1, 0.15) is 33.8 Å². The fourth-order valence-electron chi connectivity index (χ4n) is 2.05. The van der Waals surface area contributed by atoms with E-state index in [4.69, 9.17) is 5.14 Å². The third kappa shape index (κ3) is 4.14. The molecule has 0 fully saturated rings. The highest BCUT2D eigenvalue weighted by Gasteiger charge is 2.10. The molecule has 0 spiro atoms. The molecule has 0 bridgehead atoms. The first-order valence-electron chi connectivity index (χ1n) is 6.69. The van der Waals surface area contributed by atoms with Gasteiger partial charge in [-0.3, -0.25) is 0 Å². The van der Waals surface area contributed by atoms with Gasteiger partial charge in [-0.1, -0.05) is 12.1 Å². The lowest BCUT2D eigenvalue weighted by molar-refractivity contribution is 0.577. The number of nitrogens with two attached hydrogens (primary N) is 1. The van der Waals surface area contributed by atoms with Gasteiger partial charge in [0, 0.05) is 22.3 Å². The summed E-state index contributed by atoms with van der Waals surface area (Å²) in [5.41, 5.74) is 2.36. The molecule has 2 aromatic rings. The van der Waals surface area contributed by atoms with Gasteiger partial charge in [-0.15, -0.1) is 11.3 Å². The highest BCUT2D eigenvalue weighted by molar-refractivity contribution is 7.89. The van der Waals surface area contributed by atoms with Gasteiger partial charge in [-0.2, -0.15) is 0 Å². The van der Waals surface area contributed by atoms with Crippen LogP contribution in [0.25, 0.3) is 0 Å². The standard InChI is InChI=1S/C15H20N2O2S2/c1-10-8-14(20-12(10)3)9-17-11(2)13-4-6-15(7-5-13)21(16,18)19/h4-8,11,17H,9H2,1-3H3,(H2,16,18,19). The first-order chi connectivity index (χ1) is 9.77. The first kappa shape index (κ1) is 16.2. The Kier molecular flexibility index (Phi) is 4.83. The molecule has 1 atom stereocenters. The quantitative estimate of drug-likeness (QED) is 0.888. The van der Waals surface area contributed by atoms with Gasteiger partial charge in [-0.05, 0) is 50.1 Å². The van der Waals surface area contributed by atoms with Gasteiger partial charge in [0.25, 0.3) is 0 Å². The van der Waals surface area contributed by atoms with E-state index in [0.29, 0.717) is 0 Å². The van der Waals surface area contributed by atoms with Crippen molar-refractivity contribution in [2.24, 2.45) is 5.14 Å². The predicted molar refractivity (Wildman–Crippen MR) is 86.9 cm³/mol. The van der Waals surface area contributed by atoms with Crippen LogP contribution in [0.4, 0.5) is 0 Å². The molecule has 1 heterocycles. The zero-order valence-electron chi connectivity index (χ0n) is 12.4. The molecule has 0 amide bonds. The van der Waals surface area contributed by atoms with Crippen molar-refractivity contribution in [1.82, 2.24) is 5.32 Å². The van der Waals surface area contributed by atoms with Crippen LogP contribution in [0.15, 0.2) is 35.2 Å². The van der Waals surface area contributed by atoms with E-state index in [1.807, 2.05) is 0 Å². The van der Waals surface area contributed by atoms with Crippen LogP contribution in [0.5, 0.6) is 0 Å². The number of primary sulfonamides is 1. The molecular weight excluding hydrogens is 304 g/mol. The van der Waals surface area contributed by atoms with Crippen molar-refractivity contribution < 1.29 is 8.42 Å². The number of thiophene rings is 1. The van der Waals surface area contributed by atoms with Crippen molar-refractivity contribution in [2.45, 2.75) is 38.3 Å².